The Hall–Kier alpha value is -3.29. The number of benzene rings is 1. The summed E-state index contributed by atoms with van der Waals surface area (Å²) in [5, 5.41) is 46.7. The predicted molar refractivity (Wildman–Crippen MR) is 146 cm³/mol. The molecular formula is C23H20N7NaO8S3. The minimum absolute atomic E-state index is 0. The Bertz CT molecular complexity index is 1590. The Morgan fingerprint density at radius 1 is 1.33 bits per heavy atom. The summed E-state index contributed by atoms with van der Waals surface area (Å²) in [4.78, 5) is 48.3. The Kier molecular flexibility index (Phi) is 10.1. The zero-order valence-corrected chi connectivity index (χ0v) is 26.4. The first-order chi connectivity index (χ1) is 19.7. The van der Waals surface area contributed by atoms with Crippen LogP contribution in [0.1, 0.15) is 12.6 Å². The molecule has 1 fully saturated rings. The van der Waals surface area contributed by atoms with Crippen molar-refractivity contribution < 1.29 is 68.5 Å². The maximum Gasteiger partial charge on any atom is 1.00 e. The molecule has 4 heterocycles. The Morgan fingerprint density at radius 3 is 2.79 bits per heavy atom. The average Bonchev–Trinajstić information content (AvgIpc) is 3.60. The third-order valence-electron chi connectivity index (χ3n) is 5.79. The van der Waals surface area contributed by atoms with Crippen LogP contribution in [0.3, 0.4) is 0 Å². The topological polar surface area (TPSA) is 229 Å². The third kappa shape index (κ3) is 6.37. The van der Waals surface area contributed by atoms with E-state index in [1.165, 1.54) is 35.3 Å². The van der Waals surface area contributed by atoms with Crippen molar-refractivity contribution in [3.8, 4) is 23.0 Å². The van der Waals surface area contributed by atoms with Gasteiger partial charge in [0, 0.05) is 22.4 Å². The molecule has 0 aliphatic carbocycles. The summed E-state index contributed by atoms with van der Waals surface area (Å²) in [6.45, 7) is 1.87. The van der Waals surface area contributed by atoms with Gasteiger partial charge in [0.2, 0.25) is 5.89 Å². The van der Waals surface area contributed by atoms with Gasteiger partial charge in [-0.05, 0) is 30.7 Å². The number of carboxylic acids is 1. The normalized spacial score (nSPS) is 18.2. The summed E-state index contributed by atoms with van der Waals surface area (Å²) in [6, 6.07) is 3.00. The molecule has 214 valence electrons. The van der Waals surface area contributed by atoms with Gasteiger partial charge in [-0.2, -0.15) is 0 Å². The fourth-order valence-electron chi connectivity index (χ4n) is 3.91. The fraction of sp³-hybridized carbons (Fsp3) is 0.261. The van der Waals surface area contributed by atoms with Crippen molar-refractivity contribution in [3.63, 3.8) is 0 Å². The molecule has 19 heteroatoms. The number of nitrogens with zero attached hydrogens (tertiary/aromatic N) is 5. The van der Waals surface area contributed by atoms with Gasteiger partial charge in [-0.3, -0.25) is 14.5 Å². The van der Waals surface area contributed by atoms with E-state index in [0.29, 0.717) is 11.1 Å². The summed E-state index contributed by atoms with van der Waals surface area (Å²) in [5.41, 5.74) is 6.17. The van der Waals surface area contributed by atoms with E-state index >= 15 is 0 Å². The number of nitrogens with one attached hydrogen (secondary N) is 1. The number of nitrogen functional groups attached to an aromatic ring is 1. The van der Waals surface area contributed by atoms with Crippen molar-refractivity contribution in [2.75, 3.05) is 23.8 Å². The van der Waals surface area contributed by atoms with Crippen LogP contribution in [0.15, 0.2) is 49.6 Å². The number of phenols is 2. The van der Waals surface area contributed by atoms with Crippen LogP contribution in [0.2, 0.25) is 0 Å². The average molecular weight is 642 g/mol. The molecule has 5 rings (SSSR count). The number of oxime groups is 1. The van der Waals surface area contributed by atoms with Gasteiger partial charge >= 0.3 is 29.6 Å². The van der Waals surface area contributed by atoms with Gasteiger partial charge in [0.05, 0.1) is 11.7 Å². The molecule has 2 amide bonds. The van der Waals surface area contributed by atoms with Crippen LogP contribution < -0.4 is 45.7 Å². The largest absolute Gasteiger partial charge is 1.00 e. The smallest absolute Gasteiger partial charge is 0.543 e. The molecule has 0 radical (unpaired) electrons. The molecule has 0 unspecified atom stereocenters. The first-order valence-electron chi connectivity index (χ1n) is 11.8. The number of aromatic hydroxyl groups is 2. The number of amides is 2. The molecular weight excluding hydrogens is 621 g/mol. The number of thioether (sulfide) groups is 2. The van der Waals surface area contributed by atoms with E-state index < -0.39 is 29.2 Å². The second-order valence-corrected chi connectivity index (χ2v) is 11.3. The van der Waals surface area contributed by atoms with E-state index in [1.807, 2.05) is 0 Å². The van der Waals surface area contributed by atoms with Crippen molar-refractivity contribution in [2.45, 2.75) is 23.6 Å². The van der Waals surface area contributed by atoms with E-state index in [9.17, 15) is 29.7 Å². The number of aromatic nitrogens is 3. The quantitative estimate of drug-likeness (QED) is 0.0436. The number of hydrogen-bond donors (Lipinski definition) is 4. The first-order valence-corrected chi connectivity index (χ1v) is 14.7. The summed E-state index contributed by atoms with van der Waals surface area (Å²) in [5.74, 6) is -3.13. The Balaban J connectivity index is 0.00000405. The number of anilines is 1. The number of phenolic OH excluding ortho intramolecular Hbond substituents is 2. The van der Waals surface area contributed by atoms with Crippen molar-refractivity contribution in [2.24, 2.45) is 5.16 Å². The van der Waals surface area contributed by atoms with Gasteiger partial charge in [-0.1, -0.05) is 16.9 Å². The van der Waals surface area contributed by atoms with Gasteiger partial charge in [0.15, 0.2) is 22.3 Å². The monoisotopic (exact) mass is 641 g/mol. The number of aliphatic carboxylic acids is 1. The van der Waals surface area contributed by atoms with Crippen LogP contribution in [-0.2, 0) is 19.2 Å². The minimum Gasteiger partial charge on any atom is -0.543 e. The van der Waals surface area contributed by atoms with Crippen LogP contribution in [0.5, 0.6) is 11.5 Å². The van der Waals surface area contributed by atoms with Gasteiger partial charge in [0.25, 0.3) is 17.0 Å². The van der Waals surface area contributed by atoms with Crippen LogP contribution in [-0.4, -0.2) is 83.3 Å². The van der Waals surface area contributed by atoms with Gasteiger partial charge in [-0.15, -0.1) is 33.3 Å². The SMILES string of the molecule is CCON=C(C(=O)N[C@@H]1C(=O)N2C(C(=O)[O-])=C(CSc3nnc(-c4ccc(O)c(O)c4)o3)CS[C@H]12)c1csc(N)n1.[Na+]. The standard InChI is InChI=1S/C23H21N7O8S3.Na/c1-2-37-29-14(11-8-40-22(24)25-11)17(33)26-15-19(34)30-16(21(35)36)10(6-39-20(15)30)7-41-23-28-27-18(38-23)9-3-4-12(31)13(32)5-9;/h3-5,8,15,20,31-32H,2,6-7H2,1H3,(H2,24,25)(H,26,33)(H,35,36);/q;+1/p-1/t15-,20-;/m1./s1. The second-order valence-electron chi connectivity index (χ2n) is 8.39. The third-order valence-corrected chi connectivity index (χ3v) is 8.71. The Labute approximate surface area is 271 Å². The molecule has 42 heavy (non-hydrogen) atoms. The Morgan fingerprint density at radius 2 is 2.12 bits per heavy atom. The minimum atomic E-state index is -1.54. The first kappa shape index (κ1) is 31.6. The maximum absolute atomic E-state index is 13.0. The number of nitrogens with two attached hydrogens (primary N) is 1. The molecule has 2 aliphatic rings. The number of carbonyl (C=O) groups is 3. The van der Waals surface area contributed by atoms with Crippen molar-refractivity contribution in [1.29, 1.82) is 0 Å². The van der Waals surface area contributed by atoms with Gasteiger partial charge in [-0.25, -0.2) is 4.98 Å². The van der Waals surface area contributed by atoms with E-state index in [-0.39, 0.29) is 92.5 Å². The van der Waals surface area contributed by atoms with Gasteiger partial charge < -0.3 is 40.4 Å². The van der Waals surface area contributed by atoms with E-state index in [1.54, 1.807) is 6.92 Å². The van der Waals surface area contributed by atoms with Crippen molar-refractivity contribution in [3.05, 3.63) is 40.5 Å². The zero-order valence-electron chi connectivity index (χ0n) is 22.0. The second kappa shape index (κ2) is 13.3. The molecule has 2 aliphatic heterocycles. The van der Waals surface area contributed by atoms with Crippen LogP contribution in [0.25, 0.3) is 11.5 Å². The number of fused-ring (bicyclic) bond motifs is 1. The molecule has 2 atom stereocenters. The van der Waals surface area contributed by atoms with E-state index in [2.05, 4.69) is 25.7 Å². The molecule has 5 N–H and O–H groups in total. The summed E-state index contributed by atoms with van der Waals surface area (Å²) in [6.07, 6.45) is 0. The number of carbonyl (C=O) groups excluding carboxylic acids is 3. The van der Waals surface area contributed by atoms with Crippen molar-refractivity contribution in [1.82, 2.24) is 25.4 Å². The molecule has 3 aromatic rings. The van der Waals surface area contributed by atoms with Crippen LogP contribution in [0.4, 0.5) is 5.13 Å². The molecule has 1 saturated heterocycles. The molecule has 2 aromatic heterocycles. The van der Waals surface area contributed by atoms with Crippen molar-refractivity contribution >= 4 is 63.5 Å². The zero-order chi connectivity index (χ0) is 29.3. The number of carboxylic acid groups (broad SMARTS) is 1. The van der Waals surface area contributed by atoms with Crippen LogP contribution >= 0.6 is 34.9 Å². The number of β-lactam (4-membered cyclic amide) rings is 1. The number of thiazole rings is 1. The predicted octanol–water partition coefficient (Wildman–Crippen LogP) is -2.87. The summed E-state index contributed by atoms with van der Waals surface area (Å²) >= 11 is 3.43. The van der Waals surface area contributed by atoms with E-state index in [4.69, 9.17) is 15.0 Å². The van der Waals surface area contributed by atoms with Gasteiger partial charge in [0.1, 0.15) is 23.7 Å². The number of rotatable bonds is 10. The van der Waals surface area contributed by atoms with Crippen LogP contribution in [0, 0.1) is 0 Å². The maximum atomic E-state index is 13.0. The molecule has 15 nitrogen and oxygen atoms in total. The number of hydrogen-bond acceptors (Lipinski definition) is 16. The molecule has 0 bridgehead atoms. The summed E-state index contributed by atoms with van der Waals surface area (Å²) in [7, 11) is 0. The summed E-state index contributed by atoms with van der Waals surface area (Å²) < 4.78 is 5.58. The molecule has 1 aromatic carbocycles. The molecule has 0 saturated carbocycles. The van der Waals surface area contributed by atoms with E-state index in [0.717, 1.165) is 28.0 Å². The molecule has 0 spiro atoms. The fourth-order valence-corrected chi connectivity index (χ4v) is 6.71.